The molecule has 18 N–H and O–H groups in total. The summed E-state index contributed by atoms with van der Waals surface area (Å²) in [4.78, 5) is 19.3. The Bertz CT molecular complexity index is 3180. The third kappa shape index (κ3) is 14.3. The minimum atomic E-state index is -1.93. The fraction of sp³-hybridized carbons (Fsp3) is 0.797. The third-order valence-corrected chi connectivity index (χ3v) is 24.6. The Morgan fingerprint density at radius 3 is 1.79 bits per heavy atom. The topological polar surface area (TPSA) is 482 Å². The van der Waals surface area contributed by atoms with Crippen LogP contribution in [-0.2, 0) is 52.2 Å². The molecule has 564 valence electrons. The Morgan fingerprint density at radius 1 is 0.590 bits per heavy atom. The zero-order valence-corrected chi connectivity index (χ0v) is 58.7. The second-order valence-electron chi connectivity index (χ2n) is 31.4. The second-order valence-corrected chi connectivity index (χ2v) is 31.4. The Balaban J connectivity index is 0.000000556. The van der Waals surface area contributed by atoms with Crippen LogP contribution in [0.15, 0.2) is 64.3 Å². The van der Waals surface area contributed by atoms with Crippen LogP contribution in [0.1, 0.15) is 120 Å². The van der Waals surface area contributed by atoms with Crippen LogP contribution in [0.2, 0.25) is 0 Å². The molecule has 32 unspecified atom stereocenters. The number of anilines is 2. The number of aromatic nitrogens is 1. The molecule has 1 aromatic carbocycles. The Hall–Kier alpha value is -3.85. The lowest BCUT2D eigenvalue weighted by Gasteiger charge is -2.71. The van der Waals surface area contributed by atoms with Gasteiger partial charge in [0.15, 0.2) is 37.1 Å². The zero-order chi connectivity index (χ0) is 72.0. The van der Waals surface area contributed by atoms with Crippen molar-refractivity contribution in [1.29, 1.82) is 0 Å². The van der Waals surface area contributed by atoms with Crippen molar-refractivity contribution in [3.8, 4) is 0 Å². The van der Waals surface area contributed by atoms with Crippen molar-refractivity contribution in [2.45, 2.75) is 274 Å². The van der Waals surface area contributed by atoms with Crippen LogP contribution in [0.5, 0.6) is 0 Å². The van der Waals surface area contributed by atoms with Gasteiger partial charge >= 0.3 is 5.97 Å². The summed E-state index contributed by atoms with van der Waals surface area (Å²) in [6.45, 7) is 17.2. The monoisotopic (exact) mass is 1440 g/mol. The smallest absolute Gasteiger partial charge is 0.317 e. The molecule has 0 bridgehead atoms. The number of esters is 1. The number of nitrogen functional groups attached to an aromatic ring is 2. The number of hydrogen-bond acceptors (Lipinski definition) is 30. The molecule has 0 spiro atoms. The van der Waals surface area contributed by atoms with Crippen molar-refractivity contribution in [3.05, 3.63) is 54.1 Å². The number of ether oxygens (including phenoxy) is 10. The van der Waals surface area contributed by atoms with E-state index in [-0.39, 0.29) is 65.8 Å². The van der Waals surface area contributed by atoms with Crippen LogP contribution in [0.3, 0.4) is 0 Å². The fourth-order valence-electron chi connectivity index (χ4n) is 18.6. The van der Waals surface area contributed by atoms with Crippen molar-refractivity contribution in [1.82, 2.24) is 4.98 Å². The second kappa shape index (κ2) is 30.2. The lowest BCUT2D eigenvalue weighted by molar-refractivity contribution is -0.374. The van der Waals surface area contributed by atoms with Gasteiger partial charge in [0.25, 0.3) is 0 Å². The number of pyridine rings is 1. The molecule has 30 nitrogen and oxygen atoms in total. The number of allylic oxidation sites excluding steroid dienone is 2. The molecular formula is C69H106ClN5O25. The number of carbonyl (C=O) groups is 1. The van der Waals surface area contributed by atoms with Gasteiger partial charge in [0.05, 0.1) is 49.9 Å². The minimum absolute atomic E-state index is 0. The van der Waals surface area contributed by atoms with E-state index in [0.29, 0.717) is 37.2 Å². The molecule has 5 aliphatic carbocycles. The fourth-order valence-corrected chi connectivity index (χ4v) is 18.6. The lowest BCUT2D eigenvalue weighted by atomic mass is 9.33. The van der Waals surface area contributed by atoms with Crippen molar-refractivity contribution < 1.29 is 124 Å². The summed E-state index contributed by atoms with van der Waals surface area (Å²) in [6, 6.07) is 12.7. The number of nitrogens with zero attached hydrogens (tertiary/aromatic N) is 3. The number of halogens is 1. The zero-order valence-electron chi connectivity index (χ0n) is 57.9. The van der Waals surface area contributed by atoms with E-state index >= 15 is 4.79 Å². The number of rotatable bonds is 13. The molecule has 12 rings (SSSR count). The van der Waals surface area contributed by atoms with Gasteiger partial charge < -0.3 is 130 Å². The van der Waals surface area contributed by atoms with Gasteiger partial charge in [-0.2, -0.15) is 5.11 Å². The maximum atomic E-state index is 15.4. The number of fused-ring (bicyclic) bond motifs is 7. The lowest BCUT2D eigenvalue weighted by Crippen LogP contribution is -2.68. The number of aliphatic hydroxyl groups excluding tert-OH is 14. The Kier molecular flexibility index (Phi) is 23.8. The molecule has 4 saturated carbocycles. The molecule has 1 aromatic heterocycles. The first kappa shape index (κ1) is 78.7. The number of benzene rings is 1. The largest absolute Gasteiger partial charge is 0.432 e. The summed E-state index contributed by atoms with van der Waals surface area (Å²) in [5.74, 6) is -0.353. The van der Waals surface area contributed by atoms with Gasteiger partial charge in [0.1, 0.15) is 108 Å². The summed E-state index contributed by atoms with van der Waals surface area (Å²) in [5, 5.41) is 160. The molecule has 100 heavy (non-hydrogen) atoms. The van der Waals surface area contributed by atoms with E-state index in [1.54, 1.807) is 19.1 Å². The molecule has 31 heteroatoms. The standard InChI is InChI=1S/C58H94O25.C11H11N5.ClH/c1-23-44(80-47-40(69)34(63)27(60)21-74-47)38(67)42(71)48(76-23)79-33-13-14-55(7)30(54(33,5)6)12-15-56(8)31(55)11-10-25-26-18-53(3,4)16-17-58(26,32(62)19-57(25,56)9)52(73)83-51-46(35(64)28(61)22-75-51)82-49-43(72)39(68)45(24(2)77-49)81-50-41(70)37(66)36(65)29(20-59)78-50;12-10-7-6-9(11(13)14-10)16-15-8-4-2-1-3-5-8;/h10,23-24,26-51,59-72H,11-22H2,1-9H3;1-7H,(H4,12,13,14);1H. The molecule has 2 aromatic rings. The molecule has 6 heterocycles. The van der Waals surface area contributed by atoms with Gasteiger partial charge in [0.2, 0.25) is 6.29 Å². The van der Waals surface area contributed by atoms with Crippen molar-refractivity contribution in [3.63, 3.8) is 0 Å². The van der Waals surface area contributed by atoms with Gasteiger partial charge in [-0.05, 0) is 141 Å². The Morgan fingerprint density at radius 2 is 1.16 bits per heavy atom. The number of carbonyl (C=O) groups excluding carboxylic acids is 1. The van der Waals surface area contributed by atoms with Crippen LogP contribution in [0, 0.1) is 50.2 Å². The SMILES string of the molecule is CC1OC(OC2CCC3(C)C(CCC4(C)C3CC=C3C5CC(C)(C)CCC5(C(=O)OC5OCC(O)C(O)C5OC5OC(C)C(OC6OC(CO)C(O)C(O)C6O)C(O)C5O)C(O)CC34C)C2(C)C)C(O)C(O)C1OC1OCC(O)C(O)C1O.Cl.Nc1ccc(N=Nc2ccccc2)c(N)n1. The molecule has 5 aliphatic heterocycles. The van der Waals surface area contributed by atoms with E-state index in [0.717, 1.165) is 30.5 Å². The maximum absolute atomic E-state index is 15.4. The molecule has 10 aliphatic rings. The third-order valence-electron chi connectivity index (χ3n) is 24.6. The highest BCUT2D eigenvalue weighted by molar-refractivity contribution is 5.85. The average molecular weight is 1440 g/mol. The number of aliphatic hydroxyl groups is 14. The highest BCUT2D eigenvalue weighted by Gasteiger charge is 2.72. The van der Waals surface area contributed by atoms with Crippen molar-refractivity contribution >= 4 is 41.4 Å². The predicted molar refractivity (Wildman–Crippen MR) is 353 cm³/mol. The van der Waals surface area contributed by atoms with E-state index in [9.17, 15) is 71.5 Å². The first-order chi connectivity index (χ1) is 46.5. The number of hydrogen-bond donors (Lipinski definition) is 16. The van der Waals surface area contributed by atoms with Crippen molar-refractivity contribution in [2.24, 2.45) is 60.5 Å². The highest BCUT2D eigenvalue weighted by atomic mass is 35.5. The van der Waals surface area contributed by atoms with E-state index < -0.39 is 195 Å². The van der Waals surface area contributed by atoms with Crippen LogP contribution in [-0.4, -0.2) is 256 Å². The summed E-state index contributed by atoms with van der Waals surface area (Å²) in [5.41, 5.74) is 10.1. The Labute approximate surface area is 587 Å². The van der Waals surface area contributed by atoms with Gasteiger partial charge in [-0.15, -0.1) is 17.5 Å². The molecule has 5 saturated heterocycles. The first-order valence-electron chi connectivity index (χ1n) is 34.7. The van der Waals surface area contributed by atoms with E-state index in [2.05, 4.69) is 69.8 Å². The van der Waals surface area contributed by atoms with Crippen molar-refractivity contribution in [2.75, 3.05) is 31.3 Å². The number of nitrogens with two attached hydrogens (primary N) is 2. The molecular weight excluding hydrogens is 1330 g/mol. The van der Waals surface area contributed by atoms with Gasteiger partial charge in [-0.3, -0.25) is 4.79 Å². The van der Waals surface area contributed by atoms with Crippen LogP contribution in [0.25, 0.3) is 0 Å². The average Bonchev–Trinajstić information content (AvgIpc) is 0.671. The van der Waals surface area contributed by atoms with Crippen LogP contribution >= 0.6 is 12.4 Å². The molecule has 0 amide bonds. The maximum Gasteiger partial charge on any atom is 0.317 e. The minimum Gasteiger partial charge on any atom is -0.432 e. The van der Waals surface area contributed by atoms with Crippen LogP contribution < -0.4 is 11.5 Å². The summed E-state index contributed by atoms with van der Waals surface area (Å²) in [6.07, 6.45) is -29.2. The molecule has 32 atom stereocenters. The molecule has 0 radical (unpaired) electrons. The van der Waals surface area contributed by atoms with Gasteiger partial charge in [-0.1, -0.05) is 78.3 Å². The van der Waals surface area contributed by atoms with Gasteiger partial charge in [0, 0.05) is 0 Å². The normalized spacial score (nSPS) is 47.5. The highest BCUT2D eigenvalue weighted by Crippen LogP contribution is 2.76. The summed E-state index contributed by atoms with van der Waals surface area (Å²) < 4.78 is 59.6. The predicted octanol–water partition coefficient (Wildman–Crippen LogP) is 1.18. The van der Waals surface area contributed by atoms with Gasteiger partial charge in [-0.25, -0.2) is 4.98 Å². The number of azo groups is 1. The quantitative estimate of drug-likeness (QED) is 0.0579. The summed E-state index contributed by atoms with van der Waals surface area (Å²) in [7, 11) is 0. The summed E-state index contributed by atoms with van der Waals surface area (Å²) >= 11 is 0. The first-order valence-corrected chi connectivity index (χ1v) is 34.7. The molecule has 9 fully saturated rings. The van der Waals surface area contributed by atoms with E-state index in [4.69, 9.17) is 58.8 Å². The van der Waals surface area contributed by atoms with E-state index in [1.807, 2.05) is 30.3 Å². The van der Waals surface area contributed by atoms with Crippen LogP contribution in [0.4, 0.5) is 23.0 Å². The van der Waals surface area contributed by atoms with E-state index in [1.165, 1.54) is 6.92 Å².